The quantitative estimate of drug-likeness (QED) is 0.161. The largest absolute Gasteiger partial charge is 0.462 e. The molecule has 1 fully saturated rings. The molecule has 15 heteroatoms. The summed E-state index contributed by atoms with van der Waals surface area (Å²) in [6.07, 6.45) is 2.40. The molecule has 13 nitrogen and oxygen atoms in total. The minimum atomic E-state index is -0.646. The summed E-state index contributed by atoms with van der Waals surface area (Å²) in [5.74, 6) is -1.01. The van der Waals surface area contributed by atoms with Gasteiger partial charge in [-0.25, -0.2) is 14.8 Å². The van der Waals surface area contributed by atoms with Crippen molar-refractivity contribution in [1.82, 2.24) is 38.1 Å². The average Bonchev–Trinajstić information content (AvgIpc) is 3.88. The molecule has 0 atom stereocenters. The summed E-state index contributed by atoms with van der Waals surface area (Å²) >= 11 is 12.2. The summed E-state index contributed by atoms with van der Waals surface area (Å²) in [7, 11) is 3.66. The maximum Gasteiger partial charge on any atom is 0.345 e. The van der Waals surface area contributed by atoms with Gasteiger partial charge in [-0.15, -0.1) is 0 Å². The van der Waals surface area contributed by atoms with E-state index in [0.29, 0.717) is 45.1 Å². The van der Waals surface area contributed by atoms with Crippen LogP contribution in [0.5, 0.6) is 0 Å². The molecular weight excluding hydrogens is 743 g/mol. The zero-order valence-corrected chi connectivity index (χ0v) is 31.8. The molecule has 55 heavy (non-hydrogen) atoms. The molecule has 0 unspecified atom stereocenters. The minimum Gasteiger partial charge on any atom is -0.462 e. The molecule has 0 radical (unpaired) electrons. The second-order valence-corrected chi connectivity index (χ2v) is 14.1. The SMILES string of the molecule is CCOC(=O)c1c(=O)c2ccc(Cl)nc2n2c3ccccc3n(C)c12.Cn1c2ccccc2n2c3nc(Cl)ccc3c(=O)c(C(=O)NCCN3CCCC3)c12. The van der Waals surface area contributed by atoms with Crippen molar-refractivity contribution in [1.29, 1.82) is 0 Å². The highest BCUT2D eigenvalue weighted by molar-refractivity contribution is 6.30. The summed E-state index contributed by atoms with van der Waals surface area (Å²) in [4.78, 5) is 63.1. The second-order valence-electron chi connectivity index (χ2n) is 13.4. The van der Waals surface area contributed by atoms with Crippen molar-refractivity contribution in [2.75, 3.05) is 32.8 Å². The Morgan fingerprint density at radius 2 is 1.18 bits per heavy atom. The number of hydrogen-bond donors (Lipinski definition) is 1. The van der Waals surface area contributed by atoms with E-state index in [1.165, 1.54) is 18.9 Å². The molecule has 280 valence electrons. The van der Waals surface area contributed by atoms with Crippen molar-refractivity contribution in [2.45, 2.75) is 19.8 Å². The van der Waals surface area contributed by atoms with Gasteiger partial charge in [-0.1, -0.05) is 47.5 Å². The zero-order valence-electron chi connectivity index (χ0n) is 30.3. The van der Waals surface area contributed by atoms with Gasteiger partial charge >= 0.3 is 5.97 Å². The highest BCUT2D eigenvalue weighted by Gasteiger charge is 2.26. The minimum absolute atomic E-state index is 0.00262. The number of amides is 1. The lowest BCUT2D eigenvalue weighted by Crippen LogP contribution is -2.36. The highest BCUT2D eigenvalue weighted by atomic mass is 35.5. The van der Waals surface area contributed by atoms with Gasteiger partial charge in [-0.2, -0.15) is 0 Å². The van der Waals surface area contributed by atoms with E-state index < -0.39 is 11.4 Å². The molecule has 2 aromatic carbocycles. The number of pyridine rings is 4. The second kappa shape index (κ2) is 14.5. The molecule has 8 aromatic rings. The first-order valence-electron chi connectivity index (χ1n) is 17.9. The number of ether oxygens (including phenoxy) is 1. The van der Waals surface area contributed by atoms with Crippen molar-refractivity contribution in [3.63, 3.8) is 0 Å². The molecular formula is C40H36Cl2N8O5. The van der Waals surface area contributed by atoms with E-state index in [0.717, 1.165) is 41.7 Å². The summed E-state index contributed by atoms with van der Waals surface area (Å²) < 4.78 is 12.4. The lowest BCUT2D eigenvalue weighted by Gasteiger charge is -2.15. The van der Waals surface area contributed by atoms with Gasteiger partial charge in [0.1, 0.15) is 32.7 Å². The third-order valence-electron chi connectivity index (χ3n) is 10.1. The van der Waals surface area contributed by atoms with Gasteiger partial charge in [-0.3, -0.25) is 23.2 Å². The lowest BCUT2D eigenvalue weighted by atomic mass is 10.1. The summed E-state index contributed by atoms with van der Waals surface area (Å²) in [6, 6.07) is 21.7. The Morgan fingerprint density at radius 1 is 0.709 bits per heavy atom. The first-order valence-corrected chi connectivity index (χ1v) is 18.7. The Kier molecular flexibility index (Phi) is 9.53. The number of aromatic nitrogens is 6. The topological polar surface area (TPSA) is 137 Å². The molecule has 1 aliphatic rings. The number of para-hydroxylation sites is 4. The normalized spacial score (nSPS) is 13.3. The standard InChI is InChI=1S/C22H22ClN5O2.C18H14ClN3O3/c1-26-15-6-2-3-7-16(15)28-20-14(8-9-17(23)25-20)19(29)18(22(26)28)21(30)24-10-13-27-11-4-5-12-27;1-3-25-18(24)14-15(23)10-8-9-13(19)20-16(10)22-12-7-5-4-6-11(12)21(2)17(14)22/h2-3,6-9H,4-5,10-13H2,1H3,(H,24,30);4-9H,3H2,1-2H3. The number of esters is 1. The van der Waals surface area contributed by atoms with E-state index in [-0.39, 0.29) is 34.2 Å². The number of rotatable bonds is 6. The number of benzene rings is 2. The fraction of sp³-hybridized carbons (Fsp3) is 0.250. The number of hydrogen-bond acceptors (Lipinski definition) is 8. The number of halogens is 2. The molecule has 0 bridgehead atoms. The van der Waals surface area contributed by atoms with Crippen LogP contribution in [0.4, 0.5) is 0 Å². The van der Waals surface area contributed by atoms with Crippen LogP contribution in [0.25, 0.3) is 55.4 Å². The number of aryl methyl sites for hydroxylation is 2. The molecule has 0 saturated carbocycles. The number of carbonyl (C=O) groups excluding carboxylic acids is 2. The van der Waals surface area contributed by atoms with Gasteiger partial charge in [0, 0.05) is 27.2 Å². The van der Waals surface area contributed by atoms with Gasteiger partial charge in [-0.05, 0) is 81.4 Å². The van der Waals surface area contributed by atoms with Gasteiger partial charge in [0.25, 0.3) is 5.91 Å². The molecule has 9 rings (SSSR count). The van der Waals surface area contributed by atoms with E-state index >= 15 is 0 Å². The number of fused-ring (bicyclic) bond motifs is 10. The molecule has 0 spiro atoms. The van der Waals surface area contributed by atoms with Gasteiger partial charge in [0.05, 0.1) is 39.4 Å². The first-order chi connectivity index (χ1) is 26.6. The molecule has 1 saturated heterocycles. The predicted molar refractivity (Wildman–Crippen MR) is 215 cm³/mol. The summed E-state index contributed by atoms with van der Waals surface area (Å²) in [6.45, 7) is 5.31. The molecule has 1 amide bonds. The van der Waals surface area contributed by atoms with Gasteiger partial charge in [0.15, 0.2) is 11.3 Å². The van der Waals surface area contributed by atoms with E-state index in [1.54, 1.807) is 41.1 Å². The number of likely N-dealkylation sites (tertiary alicyclic amines) is 1. The van der Waals surface area contributed by atoms with Crippen LogP contribution in [-0.2, 0) is 18.8 Å². The Balaban J connectivity index is 0.000000158. The van der Waals surface area contributed by atoms with Crippen LogP contribution in [0.15, 0.2) is 82.4 Å². The van der Waals surface area contributed by atoms with E-state index in [1.807, 2.05) is 64.5 Å². The number of carbonyl (C=O) groups is 2. The van der Waals surface area contributed by atoms with Crippen molar-refractivity contribution >= 4 is 90.5 Å². The fourth-order valence-corrected chi connectivity index (χ4v) is 7.94. The molecule has 6 aromatic heterocycles. The van der Waals surface area contributed by atoms with Crippen molar-refractivity contribution < 1.29 is 14.3 Å². The van der Waals surface area contributed by atoms with Crippen LogP contribution < -0.4 is 16.2 Å². The Bertz CT molecular complexity index is 2980. The molecule has 7 heterocycles. The number of nitrogens with one attached hydrogen (secondary N) is 1. The fourth-order valence-electron chi connectivity index (χ4n) is 7.65. The van der Waals surface area contributed by atoms with Crippen LogP contribution in [-0.4, -0.2) is 77.5 Å². The number of imidazole rings is 2. The predicted octanol–water partition coefficient (Wildman–Crippen LogP) is 5.99. The Hall–Kier alpha value is -5.76. The zero-order chi connectivity index (χ0) is 38.5. The maximum atomic E-state index is 13.4. The number of nitrogens with zero attached hydrogens (tertiary/aromatic N) is 7. The van der Waals surface area contributed by atoms with Crippen molar-refractivity contribution in [3.05, 3.63) is 115 Å². The monoisotopic (exact) mass is 778 g/mol. The van der Waals surface area contributed by atoms with Gasteiger partial charge < -0.3 is 24.1 Å². The summed E-state index contributed by atoms with van der Waals surface area (Å²) in [5, 5.41) is 4.22. The third-order valence-corrected chi connectivity index (χ3v) is 10.6. The smallest absolute Gasteiger partial charge is 0.345 e. The average molecular weight is 780 g/mol. The van der Waals surface area contributed by atoms with E-state index in [9.17, 15) is 19.2 Å². The van der Waals surface area contributed by atoms with Crippen LogP contribution in [0.2, 0.25) is 10.3 Å². The third kappa shape index (κ3) is 6.08. The van der Waals surface area contributed by atoms with Crippen molar-refractivity contribution in [3.8, 4) is 0 Å². The van der Waals surface area contributed by atoms with Crippen molar-refractivity contribution in [2.24, 2.45) is 14.1 Å². The Morgan fingerprint density at radius 3 is 1.69 bits per heavy atom. The van der Waals surface area contributed by atoms with E-state index in [4.69, 9.17) is 27.9 Å². The maximum absolute atomic E-state index is 13.4. The molecule has 1 aliphatic heterocycles. The first kappa shape index (κ1) is 36.2. The molecule has 1 N–H and O–H groups in total. The molecule has 0 aliphatic carbocycles. The Labute approximate surface area is 323 Å². The summed E-state index contributed by atoms with van der Waals surface area (Å²) in [5.41, 5.74) is 4.65. The lowest BCUT2D eigenvalue weighted by molar-refractivity contribution is 0.0526. The van der Waals surface area contributed by atoms with Gasteiger partial charge in [0.2, 0.25) is 10.9 Å². The van der Waals surface area contributed by atoms with Crippen LogP contribution >= 0.6 is 23.2 Å². The van der Waals surface area contributed by atoms with Crippen LogP contribution in [0, 0.1) is 0 Å². The van der Waals surface area contributed by atoms with E-state index in [2.05, 4.69) is 20.2 Å². The van der Waals surface area contributed by atoms with Crippen LogP contribution in [0.3, 0.4) is 0 Å². The highest BCUT2D eigenvalue weighted by Crippen LogP contribution is 2.28. The van der Waals surface area contributed by atoms with Crippen LogP contribution in [0.1, 0.15) is 40.5 Å².